The molecule has 2 N–H and O–H groups in total. The zero-order chi connectivity index (χ0) is 15.9. The molecule has 2 rings (SSSR count). The highest BCUT2D eigenvalue weighted by Gasteiger charge is 2.09. The van der Waals surface area contributed by atoms with E-state index in [4.69, 9.17) is 0 Å². The van der Waals surface area contributed by atoms with E-state index in [0.717, 1.165) is 5.69 Å². The molecule has 2 aromatic heterocycles. The number of hydrogen-bond acceptors (Lipinski definition) is 5. The summed E-state index contributed by atoms with van der Waals surface area (Å²) in [6, 6.07) is 5.17. The van der Waals surface area contributed by atoms with E-state index in [2.05, 4.69) is 25.8 Å². The van der Waals surface area contributed by atoms with E-state index < -0.39 is 0 Å². The Bertz CT molecular complexity index is 639. The van der Waals surface area contributed by atoms with Gasteiger partial charge in [-0.15, -0.1) is 5.10 Å². The molecular formula is C13H17N7O2. The molecule has 0 aromatic carbocycles. The average Bonchev–Trinajstić information content (AvgIpc) is 2.93. The SMILES string of the molecule is CN(C)C(=O)Nc1cnn(CC(=O)NCc2ccccn2)n1. The van der Waals surface area contributed by atoms with Crippen molar-refractivity contribution in [2.45, 2.75) is 13.1 Å². The summed E-state index contributed by atoms with van der Waals surface area (Å²) >= 11 is 0. The summed E-state index contributed by atoms with van der Waals surface area (Å²) < 4.78 is 0. The Hall–Kier alpha value is -2.97. The maximum atomic E-state index is 11.8. The van der Waals surface area contributed by atoms with Gasteiger partial charge in [0.2, 0.25) is 5.91 Å². The molecule has 0 aliphatic rings. The fourth-order valence-corrected chi connectivity index (χ4v) is 1.53. The van der Waals surface area contributed by atoms with Gasteiger partial charge in [0.05, 0.1) is 18.4 Å². The number of nitrogens with zero attached hydrogens (tertiary/aromatic N) is 5. The first-order valence-corrected chi connectivity index (χ1v) is 6.59. The summed E-state index contributed by atoms with van der Waals surface area (Å²) in [7, 11) is 3.23. The van der Waals surface area contributed by atoms with E-state index in [0.29, 0.717) is 6.54 Å². The molecule has 2 heterocycles. The maximum Gasteiger partial charge on any atom is 0.322 e. The molecule has 22 heavy (non-hydrogen) atoms. The highest BCUT2D eigenvalue weighted by atomic mass is 16.2. The highest BCUT2D eigenvalue weighted by Crippen LogP contribution is 2.00. The summed E-state index contributed by atoms with van der Waals surface area (Å²) in [6.45, 7) is 0.301. The van der Waals surface area contributed by atoms with Gasteiger partial charge in [-0.2, -0.15) is 9.90 Å². The number of pyridine rings is 1. The second-order valence-electron chi connectivity index (χ2n) is 4.68. The third-order valence-corrected chi connectivity index (χ3v) is 2.66. The predicted molar refractivity (Wildman–Crippen MR) is 78.8 cm³/mol. The van der Waals surface area contributed by atoms with Crippen LogP contribution in [0.3, 0.4) is 0 Å². The fraction of sp³-hybridized carbons (Fsp3) is 0.308. The maximum absolute atomic E-state index is 11.8. The molecule has 0 aliphatic heterocycles. The molecule has 0 radical (unpaired) electrons. The van der Waals surface area contributed by atoms with Gasteiger partial charge in [-0.1, -0.05) is 6.07 Å². The molecule has 0 aliphatic carbocycles. The van der Waals surface area contributed by atoms with Crippen molar-refractivity contribution >= 4 is 17.8 Å². The van der Waals surface area contributed by atoms with E-state index in [-0.39, 0.29) is 24.3 Å². The Morgan fingerprint density at radius 3 is 2.82 bits per heavy atom. The zero-order valence-electron chi connectivity index (χ0n) is 12.4. The Labute approximate surface area is 127 Å². The topological polar surface area (TPSA) is 105 Å². The minimum Gasteiger partial charge on any atom is -0.349 e. The number of urea groups is 1. The number of aromatic nitrogens is 4. The third kappa shape index (κ3) is 4.54. The van der Waals surface area contributed by atoms with Gasteiger partial charge in [-0.05, 0) is 12.1 Å². The summed E-state index contributed by atoms with van der Waals surface area (Å²) in [6.07, 6.45) is 3.05. The van der Waals surface area contributed by atoms with Crippen molar-refractivity contribution in [2.24, 2.45) is 0 Å². The summed E-state index contributed by atoms with van der Waals surface area (Å²) in [5.41, 5.74) is 0.767. The van der Waals surface area contributed by atoms with Crippen LogP contribution in [0.25, 0.3) is 0 Å². The van der Waals surface area contributed by atoms with Crippen LogP contribution in [-0.4, -0.2) is 50.9 Å². The lowest BCUT2D eigenvalue weighted by molar-refractivity contribution is -0.122. The molecule has 0 spiro atoms. The minimum absolute atomic E-state index is 0.0370. The number of carbonyl (C=O) groups excluding carboxylic acids is 2. The third-order valence-electron chi connectivity index (χ3n) is 2.66. The normalized spacial score (nSPS) is 10.1. The van der Waals surface area contributed by atoms with Crippen LogP contribution in [0.15, 0.2) is 30.6 Å². The van der Waals surface area contributed by atoms with Gasteiger partial charge in [-0.3, -0.25) is 15.1 Å². The summed E-state index contributed by atoms with van der Waals surface area (Å²) in [5.74, 6) is 0.0444. The van der Waals surface area contributed by atoms with Gasteiger partial charge in [0.15, 0.2) is 5.82 Å². The van der Waals surface area contributed by atoms with Gasteiger partial charge in [0.1, 0.15) is 6.54 Å². The van der Waals surface area contributed by atoms with Gasteiger partial charge in [-0.25, -0.2) is 4.79 Å². The van der Waals surface area contributed by atoms with Gasteiger partial charge >= 0.3 is 6.03 Å². The number of hydrogen-bond donors (Lipinski definition) is 2. The smallest absolute Gasteiger partial charge is 0.322 e. The van der Waals surface area contributed by atoms with E-state index in [1.807, 2.05) is 18.2 Å². The molecule has 0 unspecified atom stereocenters. The first-order chi connectivity index (χ1) is 10.5. The van der Waals surface area contributed by atoms with Crippen molar-refractivity contribution in [1.29, 1.82) is 0 Å². The minimum atomic E-state index is -0.313. The predicted octanol–water partition coefficient (Wildman–Crippen LogP) is 0.0830. The van der Waals surface area contributed by atoms with Crippen molar-refractivity contribution in [2.75, 3.05) is 19.4 Å². The standard InChI is InChI=1S/C13H17N7O2/c1-19(2)13(22)17-11-8-16-20(18-11)9-12(21)15-7-10-5-3-4-6-14-10/h3-6,8H,7,9H2,1-2H3,(H,15,21)(H,17,18,22). The second kappa shape index (κ2) is 7.16. The first kappa shape index (κ1) is 15.4. The van der Waals surface area contributed by atoms with Crippen LogP contribution in [0, 0.1) is 0 Å². The molecule has 3 amide bonds. The Morgan fingerprint density at radius 1 is 1.32 bits per heavy atom. The molecule has 9 nitrogen and oxygen atoms in total. The quantitative estimate of drug-likeness (QED) is 0.814. The van der Waals surface area contributed by atoms with Crippen molar-refractivity contribution in [3.8, 4) is 0 Å². The van der Waals surface area contributed by atoms with Gasteiger partial charge < -0.3 is 10.2 Å². The lowest BCUT2D eigenvalue weighted by Gasteiger charge is -2.09. The van der Waals surface area contributed by atoms with Crippen LogP contribution in [0.2, 0.25) is 0 Å². The van der Waals surface area contributed by atoms with Crippen LogP contribution in [0.4, 0.5) is 10.6 Å². The lowest BCUT2D eigenvalue weighted by atomic mass is 10.3. The van der Waals surface area contributed by atoms with Crippen LogP contribution in [0.1, 0.15) is 5.69 Å². The van der Waals surface area contributed by atoms with Crippen molar-refractivity contribution in [3.63, 3.8) is 0 Å². The van der Waals surface area contributed by atoms with Crippen molar-refractivity contribution < 1.29 is 9.59 Å². The molecule has 0 saturated heterocycles. The number of amides is 3. The van der Waals surface area contributed by atoms with E-state index in [1.165, 1.54) is 15.9 Å². The zero-order valence-corrected chi connectivity index (χ0v) is 12.4. The number of carbonyl (C=O) groups is 2. The van der Waals surface area contributed by atoms with Crippen LogP contribution < -0.4 is 10.6 Å². The molecule has 0 bridgehead atoms. The second-order valence-corrected chi connectivity index (χ2v) is 4.68. The lowest BCUT2D eigenvalue weighted by Crippen LogP contribution is -2.29. The number of nitrogens with one attached hydrogen (secondary N) is 2. The Morgan fingerprint density at radius 2 is 2.14 bits per heavy atom. The first-order valence-electron chi connectivity index (χ1n) is 6.59. The molecule has 0 atom stereocenters. The van der Waals surface area contributed by atoms with E-state index >= 15 is 0 Å². The molecule has 2 aromatic rings. The van der Waals surface area contributed by atoms with Gasteiger partial charge in [0, 0.05) is 20.3 Å². The van der Waals surface area contributed by atoms with Crippen molar-refractivity contribution in [3.05, 3.63) is 36.3 Å². The van der Waals surface area contributed by atoms with E-state index in [9.17, 15) is 9.59 Å². The van der Waals surface area contributed by atoms with Crippen LogP contribution in [0.5, 0.6) is 0 Å². The molecule has 0 fully saturated rings. The van der Waals surface area contributed by atoms with Gasteiger partial charge in [0.25, 0.3) is 0 Å². The Balaban J connectivity index is 1.82. The van der Waals surface area contributed by atoms with Crippen molar-refractivity contribution in [1.82, 2.24) is 30.2 Å². The van der Waals surface area contributed by atoms with E-state index in [1.54, 1.807) is 20.3 Å². The molecular weight excluding hydrogens is 286 g/mol. The molecule has 116 valence electrons. The fourth-order valence-electron chi connectivity index (χ4n) is 1.53. The monoisotopic (exact) mass is 303 g/mol. The number of rotatable bonds is 5. The highest BCUT2D eigenvalue weighted by molar-refractivity contribution is 5.87. The largest absolute Gasteiger partial charge is 0.349 e. The van der Waals surface area contributed by atoms with Crippen LogP contribution >= 0.6 is 0 Å². The summed E-state index contributed by atoms with van der Waals surface area (Å²) in [5, 5.41) is 13.2. The summed E-state index contributed by atoms with van der Waals surface area (Å²) in [4.78, 5) is 29.9. The average molecular weight is 303 g/mol. The molecule has 0 saturated carbocycles. The Kier molecular flexibility index (Phi) is 5.02. The number of anilines is 1. The molecule has 9 heteroatoms. The van der Waals surface area contributed by atoms with Crippen LogP contribution in [-0.2, 0) is 17.9 Å².